The number of phenolic OH excluding ortho intramolecular Hbond substituents is 2. The molecule has 1 rings (SSSR count). The molecule has 0 saturated carbocycles. The minimum Gasteiger partial charge on any atom is -0.505 e. The summed E-state index contributed by atoms with van der Waals surface area (Å²) in [5.74, 6) is -2.00. The highest BCUT2D eigenvalue weighted by atomic mass is 19.1. The summed E-state index contributed by atoms with van der Waals surface area (Å²) in [6.45, 7) is 0. The highest BCUT2D eigenvalue weighted by Crippen LogP contribution is 2.21. The lowest BCUT2D eigenvalue weighted by molar-refractivity contribution is 0.390. The fourth-order valence-corrected chi connectivity index (χ4v) is 0.731. The third-order valence-corrected chi connectivity index (χ3v) is 1.18. The molecule has 0 bridgehead atoms. The Morgan fingerprint density at radius 1 is 1.20 bits per heavy atom. The van der Waals surface area contributed by atoms with E-state index >= 15 is 0 Å². The maximum atomic E-state index is 12.4. The fourth-order valence-electron chi connectivity index (χ4n) is 0.731. The van der Waals surface area contributed by atoms with Crippen LogP contribution in [0.4, 0.5) is 4.39 Å². The molecule has 0 aliphatic heterocycles. The molecule has 0 atom stereocenters. The van der Waals surface area contributed by atoms with Crippen LogP contribution in [0.25, 0.3) is 0 Å². The molecule has 0 aromatic heterocycles. The molecule has 0 amide bonds. The van der Waals surface area contributed by atoms with Gasteiger partial charge < -0.3 is 10.2 Å². The first-order valence-corrected chi connectivity index (χ1v) is 2.79. The molecule has 4 heteroatoms. The molecule has 0 aliphatic rings. The topological polar surface area (TPSA) is 40.5 Å². The molecule has 0 radical (unpaired) electrons. The number of hydrogen-bond acceptors (Lipinski definition) is 2. The first-order valence-electron chi connectivity index (χ1n) is 2.79. The van der Waals surface area contributed by atoms with Crippen LogP contribution in [0.3, 0.4) is 0 Å². The molecule has 0 spiro atoms. The molecule has 0 unspecified atom stereocenters. The van der Waals surface area contributed by atoms with Crippen LogP contribution in [0.2, 0.25) is 0 Å². The zero-order chi connectivity index (χ0) is 7.72. The lowest BCUT2D eigenvalue weighted by Crippen LogP contribution is -2.00. The molecule has 0 heterocycles. The number of rotatable bonds is 0. The van der Waals surface area contributed by atoms with Crippen LogP contribution in [0.15, 0.2) is 12.1 Å². The van der Waals surface area contributed by atoms with E-state index in [0.717, 1.165) is 0 Å². The zero-order valence-electron chi connectivity index (χ0n) is 5.43. The van der Waals surface area contributed by atoms with Crippen molar-refractivity contribution in [2.24, 2.45) is 0 Å². The summed E-state index contributed by atoms with van der Waals surface area (Å²) < 4.78 is 12.4. The Kier molecular flexibility index (Phi) is 1.53. The van der Waals surface area contributed by atoms with Crippen molar-refractivity contribution >= 4 is 13.3 Å². The maximum Gasteiger partial charge on any atom is 0.206 e. The van der Waals surface area contributed by atoms with E-state index in [1.165, 1.54) is 12.1 Å². The van der Waals surface area contributed by atoms with Crippen molar-refractivity contribution in [3.05, 3.63) is 17.9 Å². The van der Waals surface area contributed by atoms with Gasteiger partial charge in [0.2, 0.25) is 5.82 Å². The van der Waals surface area contributed by atoms with Crippen LogP contribution in [0, 0.1) is 5.82 Å². The van der Waals surface area contributed by atoms with E-state index in [0.29, 0.717) is 5.46 Å². The van der Waals surface area contributed by atoms with Crippen LogP contribution in [0.5, 0.6) is 11.5 Å². The summed E-state index contributed by atoms with van der Waals surface area (Å²) in [5, 5.41) is 17.5. The maximum absolute atomic E-state index is 12.4. The van der Waals surface area contributed by atoms with Gasteiger partial charge in [-0.3, -0.25) is 0 Å². The summed E-state index contributed by atoms with van der Waals surface area (Å²) >= 11 is 0. The van der Waals surface area contributed by atoms with E-state index in [-0.39, 0.29) is 0 Å². The fraction of sp³-hybridized carbons (Fsp3) is 0. The molecule has 2 nitrogen and oxygen atoms in total. The van der Waals surface area contributed by atoms with E-state index in [1.807, 2.05) is 0 Å². The van der Waals surface area contributed by atoms with Gasteiger partial charge >= 0.3 is 0 Å². The second kappa shape index (κ2) is 2.21. The van der Waals surface area contributed by atoms with E-state index in [9.17, 15) is 4.39 Å². The van der Waals surface area contributed by atoms with Gasteiger partial charge in [-0.25, -0.2) is 0 Å². The van der Waals surface area contributed by atoms with Gasteiger partial charge in [0.05, 0.1) is 0 Å². The number of halogens is 1. The standard InChI is InChI=1S/C6H6BFO2/c7-3-1-4(9)6(8)5(10)2-3/h1-2,9-10H,7H2. The SMILES string of the molecule is Bc1cc(O)c(F)c(O)c1. The summed E-state index contributed by atoms with van der Waals surface area (Å²) in [6, 6.07) is 2.49. The number of phenols is 2. The van der Waals surface area contributed by atoms with Crippen molar-refractivity contribution in [3.63, 3.8) is 0 Å². The first kappa shape index (κ1) is 6.93. The Bertz CT molecular complexity index is 239. The highest BCUT2D eigenvalue weighted by Gasteiger charge is 2.05. The Morgan fingerprint density at radius 3 is 2.00 bits per heavy atom. The monoisotopic (exact) mass is 140 g/mol. The largest absolute Gasteiger partial charge is 0.505 e. The quantitative estimate of drug-likeness (QED) is 0.476. The van der Waals surface area contributed by atoms with Gasteiger partial charge in [0.15, 0.2) is 11.5 Å². The van der Waals surface area contributed by atoms with Crippen LogP contribution in [-0.4, -0.2) is 18.1 Å². The van der Waals surface area contributed by atoms with Gasteiger partial charge in [-0.1, -0.05) is 5.46 Å². The van der Waals surface area contributed by atoms with E-state index in [1.54, 1.807) is 7.85 Å². The van der Waals surface area contributed by atoms with Gasteiger partial charge in [-0.2, -0.15) is 4.39 Å². The minimum absolute atomic E-state index is 0.516. The highest BCUT2D eigenvalue weighted by molar-refractivity contribution is 6.32. The smallest absolute Gasteiger partial charge is 0.206 e. The van der Waals surface area contributed by atoms with Gasteiger partial charge in [0, 0.05) is 0 Å². The Balaban J connectivity index is 3.31. The van der Waals surface area contributed by atoms with Crippen molar-refractivity contribution in [1.82, 2.24) is 0 Å². The number of aromatic hydroxyl groups is 2. The third kappa shape index (κ3) is 1.05. The van der Waals surface area contributed by atoms with Crippen molar-refractivity contribution < 1.29 is 14.6 Å². The summed E-state index contributed by atoms with van der Waals surface area (Å²) in [5.41, 5.74) is 0.622. The third-order valence-electron chi connectivity index (χ3n) is 1.18. The number of benzene rings is 1. The normalized spacial score (nSPS) is 9.70. The van der Waals surface area contributed by atoms with E-state index < -0.39 is 17.3 Å². The van der Waals surface area contributed by atoms with Gasteiger partial charge in [-0.15, -0.1) is 0 Å². The Hall–Kier alpha value is -1.19. The van der Waals surface area contributed by atoms with Crippen molar-refractivity contribution in [2.75, 3.05) is 0 Å². The van der Waals surface area contributed by atoms with Crippen molar-refractivity contribution in [3.8, 4) is 11.5 Å². The molecular formula is C6H6BFO2. The van der Waals surface area contributed by atoms with Crippen LogP contribution in [-0.2, 0) is 0 Å². The van der Waals surface area contributed by atoms with Crippen molar-refractivity contribution in [1.29, 1.82) is 0 Å². The molecular weight excluding hydrogens is 134 g/mol. The lowest BCUT2D eigenvalue weighted by Gasteiger charge is -1.98. The molecule has 0 saturated heterocycles. The lowest BCUT2D eigenvalue weighted by atomic mass is 9.96. The van der Waals surface area contributed by atoms with E-state index in [2.05, 4.69) is 0 Å². The van der Waals surface area contributed by atoms with Crippen molar-refractivity contribution in [2.45, 2.75) is 0 Å². The molecule has 1 aromatic carbocycles. The van der Waals surface area contributed by atoms with Gasteiger partial charge in [-0.05, 0) is 12.1 Å². The Morgan fingerprint density at radius 2 is 1.60 bits per heavy atom. The molecule has 10 heavy (non-hydrogen) atoms. The van der Waals surface area contributed by atoms with Crippen LogP contribution >= 0.6 is 0 Å². The van der Waals surface area contributed by atoms with Gasteiger partial charge in [0.1, 0.15) is 7.85 Å². The summed E-state index contributed by atoms with van der Waals surface area (Å²) in [4.78, 5) is 0. The molecule has 0 aliphatic carbocycles. The van der Waals surface area contributed by atoms with Crippen LogP contribution in [0.1, 0.15) is 0 Å². The first-order chi connectivity index (χ1) is 4.61. The summed E-state index contributed by atoms with van der Waals surface area (Å²) in [7, 11) is 1.65. The predicted molar refractivity (Wildman–Crippen MR) is 37.9 cm³/mol. The van der Waals surface area contributed by atoms with E-state index in [4.69, 9.17) is 10.2 Å². The zero-order valence-corrected chi connectivity index (χ0v) is 5.43. The Labute approximate surface area is 58.3 Å². The average molecular weight is 140 g/mol. The second-order valence-electron chi connectivity index (χ2n) is 2.12. The average Bonchev–Trinajstić information content (AvgIpc) is 1.82. The minimum atomic E-state index is -0.967. The second-order valence-corrected chi connectivity index (χ2v) is 2.12. The predicted octanol–water partition coefficient (Wildman–Crippen LogP) is -0.505. The summed E-state index contributed by atoms with van der Waals surface area (Å²) in [6.07, 6.45) is 0. The van der Waals surface area contributed by atoms with Gasteiger partial charge in [0.25, 0.3) is 0 Å². The molecule has 52 valence electrons. The molecule has 2 N–H and O–H groups in total. The molecule has 1 aromatic rings. The molecule has 0 fully saturated rings. The van der Waals surface area contributed by atoms with Crippen LogP contribution < -0.4 is 5.46 Å². The number of hydrogen-bond donors (Lipinski definition) is 2.